The van der Waals surface area contributed by atoms with Gasteiger partial charge in [0.15, 0.2) is 0 Å². The van der Waals surface area contributed by atoms with Crippen LogP contribution in [-0.4, -0.2) is 24.0 Å². The maximum absolute atomic E-state index is 5.96. The Labute approximate surface area is 109 Å². The first kappa shape index (κ1) is 12.9. The summed E-state index contributed by atoms with van der Waals surface area (Å²) in [6.07, 6.45) is 1.27. The molecule has 0 bridgehead atoms. The molecule has 3 heteroatoms. The number of hydrogen-bond acceptors (Lipinski definition) is 2. The van der Waals surface area contributed by atoms with Gasteiger partial charge >= 0.3 is 0 Å². The molecule has 94 valence electrons. The van der Waals surface area contributed by atoms with E-state index in [0.717, 1.165) is 17.5 Å². The lowest BCUT2D eigenvalue weighted by Gasteiger charge is -2.31. The van der Waals surface area contributed by atoms with Crippen molar-refractivity contribution < 1.29 is 0 Å². The van der Waals surface area contributed by atoms with Gasteiger partial charge in [0.05, 0.1) is 0 Å². The predicted molar refractivity (Wildman–Crippen MR) is 73.2 cm³/mol. The highest BCUT2D eigenvalue weighted by molar-refractivity contribution is 6.30. The molecular formula is C14H21ClN2. The quantitative estimate of drug-likeness (QED) is 0.896. The van der Waals surface area contributed by atoms with Crippen LogP contribution in [-0.2, 0) is 0 Å². The van der Waals surface area contributed by atoms with Gasteiger partial charge in [0.2, 0.25) is 0 Å². The molecule has 17 heavy (non-hydrogen) atoms. The highest BCUT2D eigenvalue weighted by atomic mass is 35.5. The Balaban J connectivity index is 2.18. The summed E-state index contributed by atoms with van der Waals surface area (Å²) >= 11 is 5.93. The summed E-state index contributed by atoms with van der Waals surface area (Å²) in [5.74, 6) is 0.770. The normalized spacial score (nSPS) is 27.3. The van der Waals surface area contributed by atoms with Crippen LogP contribution in [0.2, 0.25) is 5.02 Å². The van der Waals surface area contributed by atoms with E-state index in [2.05, 4.69) is 30.9 Å². The molecule has 1 aliphatic rings. The second kappa shape index (κ2) is 5.38. The van der Waals surface area contributed by atoms with Gasteiger partial charge in [-0.1, -0.05) is 30.7 Å². The van der Waals surface area contributed by atoms with Crippen LogP contribution in [0.3, 0.4) is 0 Å². The van der Waals surface area contributed by atoms with Gasteiger partial charge in [-0.15, -0.1) is 0 Å². The largest absolute Gasteiger partial charge is 0.329 e. The van der Waals surface area contributed by atoms with Crippen molar-refractivity contribution in [1.82, 2.24) is 4.90 Å². The highest BCUT2D eigenvalue weighted by Gasteiger charge is 2.31. The van der Waals surface area contributed by atoms with Crippen LogP contribution in [0.4, 0.5) is 0 Å². The molecule has 0 aromatic heterocycles. The van der Waals surface area contributed by atoms with Gasteiger partial charge < -0.3 is 5.73 Å². The molecule has 0 radical (unpaired) electrons. The van der Waals surface area contributed by atoms with E-state index in [-0.39, 0.29) is 0 Å². The minimum absolute atomic E-state index is 0.326. The third-order valence-corrected chi connectivity index (χ3v) is 3.96. The molecule has 1 saturated heterocycles. The van der Waals surface area contributed by atoms with E-state index >= 15 is 0 Å². The van der Waals surface area contributed by atoms with Gasteiger partial charge in [-0.25, -0.2) is 0 Å². The standard InChI is InChI=1S/C14H21ClN2/c1-10-7-11(2)17(9-10)14(8-16)12-3-5-13(15)6-4-12/h3-6,10-11,14H,7-9,16H2,1-2H3. The third kappa shape index (κ3) is 2.82. The average molecular weight is 253 g/mol. The number of benzene rings is 1. The minimum atomic E-state index is 0.326. The van der Waals surface area contributed by atoms with Crippen molar-refractivity contribution >= 4 is 11.6 Å². The molecule has 0 amide bonds. The van der Waals surface area contributed by atoms with Gasteiger partial charge in [-0.05, 0) is 37.0 Å². The van der Waals surface area contributed by atoms with Crippen molar-refractivity contribution in [1.29, 1.82) is 0 Å². The monoisotopic (exact) mass is 252 g/mol. The maximum atomic E-state index is 5.96. The van der Waals surface area contributed by atoms with Gasteiger partial charge in [-0.3, -0.25) is 4.90 Å². The van der Waals surface area contributed by atoms with Crippen molar-refractivity contribution in [3.05, 3.63) is 34.9 Å². The van der Waals surface area contributed by atoms with Crippen molar-refractivity contribution in [3.63, 3.8) is 0 Å². The Morgan fingerprint density at radius 2 is 2.00 bits per heavy atom. The summed E-state index contributed by atoms with van der Waals surface area (Å²) in [5.41, 5.74) is 7.23. The average Bonchev–Trinajstić information content (AvgIpc) is 2.62. The number of nitrogens with zero attached hydrogens (tertiary/aromatic N) is 1. The van der Waals surface area contributed by atoms with E-state index in [4.69, 9.17) is 17.3 Å². The van der Waals surface area contributed by atoms with Gasteiger partial charge in [0.25, 0.3) is 0 Å². The zero-order valence-electron chi connectivity index (χ0n) is 10.6. The molecule has 0 spiro atoms. The molecule has 0 saturated carbocycles. The molecule has 3 unspecified atom stereocenters. The fourth-order valence-corrected chi connectivity index (χ4v) is 3.04. The van der Waals surface area contributed by atoms with Crippen LogP contribution in [0.5, 0.6) is 0 Å². The van der Waals surface area contributed by atoms with Crippen LogP contribution < -0.4 is 5.73 Å². The second-order valence-electron chi connectivity index (χ2n) is 5.19. The van der Waals surface area contributed by atoms with Crippen molar-refractivity contribution in [2.45, 2.75) is 32.4 Å². The number of halogens is 1. The van der Waals surface area contributed by atoms with Crippen LogP contribution in [0.1, 0.15) is 31.9 Å². The highest BCUT2D eigenvalue weighted by Crippen LogP contribution is 2.31. The van der Waals surface area contributed by atoms with E-state index in [1.165, 1.54) is 12.0 Å². The maximum Gasteiger partial charge on any atom is 0.0473 e. The Morgan fingerprint density at radius 1 is 1.35 bits per heavy atom. The topological polar surface area (TPSA) is 29.3 Å². The molecule has 2 rings (SSSR count). The summed E-state index contributed by atoms with van der Waals surface area (Å²) in [5, 5.41) is 0.785. The predicted octanol–water partition coefficient (Wildman–Crippen LogP) is 3.07. The SMILES string of the molecule is CC1CC(C)N(C(CN)c2ccc(Cl)cc2)C1. The first-order valence-electron chi connectivity index (χ1n) is 6.33. The molecule has 1 aromatic rings. The smallest absolute Gasteiger partial charge is 0.0473 e. The van der Waals surface area contributed by atoms with Crippen molar-refractivity contribution in [2.24, 2.45) is 11.7 Å². The number of rotatable bonds is 3. The lowest BCUT2D eigenvalue weighted by atomic mass is 10.0. The molecule has 1 fully saturated rings. The summed E-state index contributed by atoms with van der Waals surface area (Å²) < 4.78 is 0. The van der Waals surface area contributed by atoms with Gasteiger partial charge in [0.1, 0.15) is 0 Å². The molecular weight excluding hydrogens is 232 g/mol. The first-order valence-corrected chi connectivity index (χ1v) is 6.71. The van der Waals surface area contributed by atoms with Crippen LogP contribution in [0, 0.1) is 5.92 Å². The Morgan fingerprint density at radius 3 is 2.47 bits per heavy atom. The number of nitrogens with two attached hydrogens (primary N) is 1. The van der Waals surface area contributed by atoms with E-state index in [9.17, 15) is 0 Å². The summed E-state index contributed by atoms with van der Waals surface area (Å²) in [6.45, 7) is 6.42. The lowest BCUT2D eigenvalue weighted by Crippen LogP contribution is -2.36. The van der Waals surface area contributed by atoms with Crippen LogP contribution in [0.25, 0.3) is 0 Å². The van der Waals surface area contributed by atoms with Crippen LogP contribution >= 0.6 is 11.6 Å². The van der Waals surface area contributed by atoms with E-state index in [1.807, 2.05) is 12.1 Å². The molecule has 1 aliphatic heterocycles. The van der Waals surface area contributed by atoms with Gasteiger partial charge in [-0.2, -0.15) is 0 Å². The van der Waals surface area contributed by atoms with Gasteiger partial charge in [0, 0.05) is 30.2 Å². The molecule has 2 N–H and O–H groups in total. The zero-order valence-corrected chi connectivity index (χ0v) is 11.3. The van der Waals surface area contributed by atoms with Crippen LogP contribution in [0.15, 0.2) is 24.3 Å². The van der Waals surface area contributed by atoms with Crippen molar-refractivity contribution in [2.75, 3.05) is 13.1 Å². The fraction of sp³-hybridized carbons (Fsp3) is 0.571. The molecule has 1 aromatic carbocycles. The third-order valence-electron chi connectivity index (χ3n) is 3.71. The van der Waals surface area contributed by atoms with E-state index in [0.29, 0.717) is 18.6 Å². The molecule has 1 heterocycles. The Bertz CT molecular complexity index is 363. The van der Waals surface area contributed by atoms with E-state index in [1.54, 1.807) is 0 Å². The second-order valence-corrected chi connectivity index (χ2v) is 5.63. The molecule has 0 aliphatic carbocycles. The summed E-state index contributed by atoms with van der Waals surface area (Å²) in [6, 6.07) is 9.03. The minimum Gasteiger partial charge on any atom is -0.329 e. The van der Waals surface area contributed by atoms with E-state index < -0.39 is 0 Å². The Kier molecular flexibility index (Phi) is 4.08. The summed E-state index contributed by atoms with van der Waals surface area (Å²) in [7, 11) is 0. The molecule has 3 atom stereocenters. The lowest BCUT2D eigenvalue weighted by molar-refractivity contribution is 0.192. The zero-order chi connectivity index (χ0) is 12.4. The summed E-state index contributed by atoms with van der Waals surface area (Å²) in [4.78, 5) is 2.52. The fourth-order valence-electron chi connectivity index (χ4n) is 2.91. The first-order chi connectivity index (χ1) is 8.11. The van der Waals surface area contributed by atoms with Crippen molar-refractivity contribution in [3.8, 4) is 0 Å². The number of hydrogen-bond donors (Lipinski definition) is 1. The number of likely N-dealkylation sites (tertiary alicyclic amines) is 1. The Hall–Kier alpha value is -0.570. The molecule has 2 nitrogen and oxygen atoms in total.